The Morgan fingerprint density at radius 1 is 1.35 bits per heavy atom. The van der Waals surface area contributed by atoms with E-state index in [1.807, 2.05) is 12.1 Å². The van der Waals surface area contributed by atoms with Crippen LogP contribution >= 0.6 is 11.6 Å². The number of halogens is 1. The number of alkyl halides is 1. The number of aromatic nitrogens is 2. The monoisotopic (exact) mass is 295 g/mol. The summed E-state index contributed by atoms with van der Waals surface area (Å²) in [5.74, 6) is 2.05. The van der Waals surface area contributed by atoms with Crippen LogP contribution < -0.4 is 4.74 Å². The molecule has 0 aliphatic rings. The molecule has 0 atom stereocenters. The lowest BCUT2D eigenvalue weighted by Crippen LogP contribution is -2.42. The smallest absolute Gasteiger partial charge is 0.146 e. The van der Waals surface area contributed by atoms with Crippen molar-refractivity contribution in [1.82, 2.24) is 14.5 Å². The topological polar surface area (TPSA) is 30.3 Å². The quantitative estimate of drug-likeness (QED) is 0.794. The molecule has 0 bridgehead atoms. The van der Waals surface area contributed by atoms with Crippen molar-refractivity contribution in [2.45, 2.75) is 31.8 Å². The second-order valence-corrected chi connectivity index (χ2v) is 6.05. The summed E-state index contributed by atoms with van der Waals surface area (Å²) in [5.41, 5.74) is 1.95. The predicted octanol–water partition coefficient (Wildman–Crippen LogP) is 3.12. The molecule has 0 spiro atoms. The molecule has 1 heterocycles. The first kappa shape index (κ1) is 15.1. The van der Waals surface area contributed by atoms with E-state index in [0.717, 1.165) is 29.2 Å². The predicted molar refractivity (Wildman–Crippen MR) is 83.6 cm³/mol. The Bertz CT molecular complexity index is 604. The van der Waals surface area contributed by atoms with E-state index >= 15 is 0 Å². The number of hydrogen-bond donors (Lipinski definition) is 0. The lowest BCUT2D eigenvalue weighted by molar-refractivity contribution is 0.170. The van der Waals surface area contributed by atoms with Crippen molar-refractivity contribution in [2.24, 2.45) is 0 Å². The van der Waals surface area contributed by atoms with Crippen LogP contribution in [0.4, 0.5) is 0 Å². The number of hydrogen-bond acceptors (Lipinski definition) is 3. The minimum absolute atomic E-state index is 0.0114. The van der Waals surface area contributed by atoms with Gasteiger partial charge in [-0.15, -0.1) is 11.6 Å². The third-order valence-electron chi connectivity index (χ3n) is 3.92. The van der Waals surface area contributed by atoms with E-state index in [-0.39, 0.29) is 5.54 Å². The SMILES string of the molecule is COc1cccc2c1nc(CCl)n2CC(C)(C)N(C)C. The Morgan fingerprint density at radius 2 is 2.05 bits per heavy atom. The van der Waals surface area contributed by atoms with Crippen LogP contribution in [-0.4, -0.2) is 41.2 Å². The number of benzene rings is 1. The summed E-state index contributed by atoms with van der Waals surface area (Å²) in [6.45, 7) is 5.24. The second-order valence-electron chi connectivity index (χ2n) is 5.78. The van der Waals surface area contributed by atoms with Crippen LogP contribution in [0.15, 0.2) is 18.2 Å². The molecule has 0 radical (unpaired) electrons. The highest BCUT2D eigenvalue weighted by Gasteiger charge is 2.24. The Balaban J connectivity index is 2.57. The van der Waals surface area contributed by atoms with E-state index < -0.39 is 0 Å². The van der Waals surface area contributed by atoms with Crippen molar-refractivity contribution in [3.8, 4) is 5.75 Å². The van der Waals surface area contributed by atoms with Crippen LogP contribution in [-0.2, 0) is 12.4 Å². The number of ether oxygens (including phenoxy) is 1. The largest absolute Gasteiger partial charge is 0.494 e. The molecule has 110 valence electrons. The fourth-order valence-electron chi connectivity index (χ4n) is 2.14. The van der Waals surface area contributed by atoms with Gasteiger partial charge in [0, 0.05) is 12.1 Å². The summed E-state index contributed by atoms with van der Waals surface area (Å²) < 4.78 is 7.57. The molecule has 0 N–H and O–H groups in total. The number of nitrogens with zero attached hydrogens (tertiary/aromatic N) is 3. The maximum Gasteiger partial charge on any atom is 0.146 e. The Labute approximate surface area is 125 Å². The van der Waals surface area contributed by atoms with Gasteiger partial charge in [-0.3, -0.25) is 0 Å². The molecular formula is C15H22ClN3O. The molecule has 5 heteroatoms. The molecule has 0 amide bonds. The van der Waals surface area contributed by atoms with E-state index in [9.17, 15) is 0 Å². The van der Waals surface area contributed by atoms with Crippen LogP contribution in [0.3, 0.4) is 0 Å². The average molecular weight is 296 g/mol. The summed E-state index contributed by atoms with van der Waals surface area (Å²) in [5, 5.41) is 0. The van der Waals surface area contributed by atoms with Gasteiger partial charge in [-0.05, 0) is 40.1 Å². The van der Waals surface area contributed by atoms with Gasteiger partial charge in [-0.2, -0.15) is 0 Å². The lowest BCUT2D eigenvalue weighted by Gasteiger charge is -2.33. The molecule has 1 aromatic carbocycles. The fraction of sp³-hybridized carbons (Fsp3) is 0.533. The summed E-state index contributed by atoms with van der Waals surface area (Å²) in [4.78, 5) is 6.84. The molecule has 0 aliphatic carbocycles. The van der Waals surface area contributed by atoms with Crippen LogP contribution in [0.5, 0.6) is 5.75 Å². The van der Waals surface area contributed by atoms with Crippen molar-refractivity contribution in [2.75, 3.05) is 21.2 Å². The molecule has 0 aliphatic heterocycles. The van der Waals surface area contributed by atoms with Gasteiger partial charge in [0.1, 0.15) is 17.1 Å². The number of fused-ring (bicyclic) bond motifs is 1. The molecule has 1 aromatic heterocycles. The minimum Gasteiger partial charge on any atom is -0.494 e. The maximum atomic E-state index is 6.07. The van der Waals surface area contributed by atoms with E-state index in [0.29, 0.717) is 5.88 Å². The zero-order valence-electron chi connectivity index (χ0n) is 12.8. The molecule has 0 fully saturated rings. The van der Waals surface area contributed by atoms with Crippen LogP contribution in [0.25, 0.3) is 11.0 Å². The molecule has 2 rings (SSSR count). The summed E-state index contributed by atoms with van der Waals surface area (Å²) in [6, 6.07) is 5.97. The van der Waals surface area contributed by atoms with Crippen molar-refractivity contribution in [3.63, 3.8) is 0 Å². The van der Waals surface area contributed by atoms with E-state index in [2.05, 4.69) is 48.5 Å². The van der Waals surface area contributed by atoms with E-state index in [1.54, 1.807) is 7.11 Å². The number of likely N-dealkylation sites (N-methyl/N-ethyl adjacent to an activating group) is 1. The zero-order chi connectivity index (χ0) is 14.9. The van der Waals surface area contributed by atoms with Crippen LogP contribution in [0.1, 0.15) is 19.7 Å². The van der Waals surface area contributed by atoms with Gasteiger partial charge < -0.3 is 14.2 Å². The zero-order valence-corrected chi connectivity index (χ0v) is 13.5. The molecule has 0 saturated carbocycles. The van der Waals surface area contributed by atoms with Crippen molar-refractivity contribution in [1.29, 1.82) is 0 Å². The Morgan fingerprint density at radius 3 is 2.60 bits per heavy atom. The fourth-order valence-corrected chi connectivity index (χ4v) is 2.34. The molecule has 2 aromatic rings. The number of methoxy groups -OCH3 is 1. The van der Waals surface area contributed by atoms with Gasteiger partial charge in [0.2, 0.25) is 0 Å². The van der Waals surface area contributed by atoms with Crippen LogP contribution in [0.2, 0.25) is 0 Å². The highest BCUT2D eigenvalue weighted by molar-refractivity contribution is 6.16. The first-order valence-electron chi connectivity index (χ1n) is 6.66. The van der Waals surface area contributed by atoms with Crippen molar-refractivity contribution < 1.29 is 4.74 Å². The molecular weight excluding hydrogens is 274 g/mol. The second kappa shape index (κ2) is 5.62. The van der Waals surface area contributed by atoms with E-state index in [4.69, 9.17) is 16.3 Å². The Kier molecular flexibility index (Phi) is 4.25. The van der Waals surface area contributed by atoms with Gasteiger partial charge in [0.15, 0.2) is 0 Å². The third kappa shape index (κ3) is 2.63. The average Bonchev–Trinajstić information content (AvgIpc) is 2.76. The summed E-state index contributed by atoms with van der Waals surface area (Å²) in [7, 11) is 5.83. The highest BCUT2D eigenvalue weighted by Crippen LogP contribution is 2.28. The Hall–Kier alpha value is -1.26. The van der Waals surface area contributed by atoms with Gasteiger partial charge in [0.05, 0.1) is 18.5 Å². The molecule has 0 unspecified atom stereocenters. The molecule has 4 nitrogen and oxygen atoms in total. The molecule has 0 saturated heterocycles. The standard InChI is InChI=1S/C15H22ClN3O/c1-15(2,18(3)4)10-19-11-7-6-8-12(20-5)14(11)17-13(19)9-16/h6-8H,9-10H2,1-5H3. The van der Waals surface area contributed by atoms with Gasteiger partial charge in [-0.25, -0.2) is 4.98 Å². The normalized spacial score (nSPS) is 12.3. The first-order valence-corrected chi connectivity index (χ1v) is 7.19. The van der Waals surface area contributed by atoms with Gasteiger partial charge >= 0.3 is 0 Å². The maximum absolute atomic E-state index is 6.07. The number of rotatable bonds is 5. The van der Waals surface area contributed by atoms with Gasteiger partial charge in [0.25, 0.3) is 0 Å². The van der Waals surface area contributed by atoms with Crippen molar-refractivity contribution in [3.05, 3.63) is 24.0 Å². The molecule has 20 heavy (non-hydrogen) atoms. The lowest BCUT2D eigenvalue weighted by atomic mass is 10.0. The van der Waals surface area contributed by atoms with E-state index in [1.165, 1.54) is 0 Å². The van der Waals surface area contributed by atoms with Gasteiger partial charge in [-0.1, -0.05) is 6.07 Å². The summed E-state index contributed by atoms with van der Waals surface area (Å²) >= 11 is 6.07. The number of para-hydroxylation sites is 1. The third-order valence-corrected chi connectivity index (χ3v) is 4.16. The highest BCUT2D eigenvalue weighted by atomic mass is 35.5. The van der Waals surface area contributed by atoms with Crippen LogP contribution in [0, 0.1) is 0 Å². The minimum atomic E-state index is 0.0114. The first-order chi connectivity index (χ1) is 9.40. The number of imidazole rings is 1. The summed E-state index contributed by atoms with van der Waals surface area (Å²) in [6.07, 6.45) is 0. The van der Waals surface area contributed by atoms with Crippen molar-refractivity contribution >= 4 is 22.6 Å².